The summed E-state index contributed by atoms with van der Waals surface area (Å²) in [5.41, 5.74) is 5.54. The molecule has 2 heteroatoms. The molecule has 1 N–H and O–H groups in total. The smallest absolute Gasteiger partial charge is 0.127 e. The molecular weight excluding hydrogens is 258 g/mol. The molecule has 0 unspecified atom stereocenters. The third-order valence-corrected chi connectivity index (χ3v) is 3.59. The zero-order chi connectivity index (χ0) is 15.2. The van der Waals surface area contributed by atoms with Crippen molar-refractivity contribution >= 4 is 12.3 Å². The van der Waals surface area contributed by atoms with E-state index in [4.69, 9.17) is 10.1 Å². The van der Waals surface area contributed by atoms with Crippen molar-refractivity contribution in [3.63, 3.8) is 0 Å². The van der Waals surface area contributed by atoms with Crippen molar-refractivity contribution in [3.8, 4) is 16.9 Å². The summed E-state index contributed by atoms with van der Waals surface area (Å²) in [5, 5.41) is 7.35. The van der Waals surface area contributed by atoms with E-state index >= 15 is 0 Å². The van der Waals surface area contributed by atoms with E-state index in [0.717, 1.165) is 23.3 Å². The molecule has 0 heterocycles. The van der Waals surface area contributed by atoms with Crippen LogP contribution in [0.25, 0.3) is 17.2 Å². The van der Waals surface area contributed by atoms with E-state index in [0.29, 0.717) is 0 Å². The van der Waals surface area contributed by atoms with Gasteiger partial charge in [-0.05, 0) is 47.7 Å². The molecule has 0 fully saturated rings. The van der Waals surface area contributed by atoms with Crippen LogP contribution in [0.4, 0.5) is 0 Å². The highest BCUT2D eigenvalue weighted by molar-refractivity contribution is 5.83. The van der Waals surface area contributed by atoms with E-state index in [1.54, 1.807) is 7.11 Å². The summed E-state index contributed by atoms with van der Waals surface area (Å²) < 4.78 is 5.50. The van der Waals surface area contributed by atoms with Crippen molar-refractivity contribution in [2.75, 3.05) is 7.11 Å². The van der Waals surface area contributed by atoms with Crippen LogP contribution in [0.1, 0.15) is 30.0 Å². The van der Waals surface area contributed by atoms with E-state index < -0.39 is 0 Å². The van der Waals surface area contributed by atoms with E-state index in [-0.39, 0.29) is 0 Å². The van der Waals surface area contributed by atoms with Crippen molar-refractivity contribution in [3.05, 3.63) is 59.2 Å². The Hall–Kier alpha value is -2.35. The summed E-state index contributed by atoms with van der Waals surface area (Å²) >= 11 is 0. The highest BCUT2D eigenvalue weighted by atomic mass is 16.5. The number of rotatable bonds is 5. The number of ether oxygens (including phenoxy) is 1. The van der Waals surface area contributed by atoms with Crippen molar-refractivity contribution in [2.45, 2.75) is 20.3 Å². The largest absolute Gasteiger partial charge is 0.496 e. The van der Waals surface area contributed by atoms with Gasteiger partial charge in [-0.25, -0.2) is 0 Å². The summed E-state index contributed by atoms with van der Waals surface area (Å²) in [6, 6.07) is 12.2. The molecule has 0 aromatic heterocycles. The molecule has 0 aliphatic heterocycles. The van der Waals surface area contributed by atoms with Gasteiger partial charge in [0.25, 0.3) is 0 Å². The minimum absolute atomic E-state index is 0.802. The topological polar surface area (TPSA) is 33.1 Å². The lowest BCUT2D eigenvalue weighted by Crippen LogP contribution is -1.93. The molecule has 0 aliphatic rings. The molecule has 2 aromatic carbocycles. The molecule has 0 aliphatic carbocycles. The van der Waals surface area contributed by atoms with Crippen LogP contribution in [-0.2, 0) is 0 Å². The summed E-state index contributed by atoms with van der Waals surface area (Å²) in [5.74, 6) is 0.802. The molecule has 0 saturated heterocycles. The van der Waals surface area contributed by atoms with Gasteiger partial charge >= 0.3 is 0 Å². The van der Waals surface area contributed by atoms with Gasteiger partial charge < -0.3 is 10.1 Å². The maximum atomic E-state index is 7.35. The molecule has 0 amide bonds. The van der Waals surface area contributed by atoms with Gasteiger partial charge in [-0.3, -0.25) is 0 Å². The third kappa shape index (κ3) is 3.22. The first-order chi connectivity index (χ1) is 10.2. The Kier molecular flexibility index (Phi) is 4.94. The first-order valence-corrected chi connectivity index (χ1v) is 7.16. The lowest BCUT2D eigenvalue weighted by molar-refractivity contribution is 0.416. The van der Waals surface area contributed by atoms with Crippen molar-refractivity contribution < 1.29 is 4.74 Å². The maximum absolute atomic E-state index is 7.35. The number of hydrogen-bond acceptors (Lipinski definition) is 2. The number of allylic oxidation sites excluding steroid dienone is 1. The molecule has 108 valence electrons. The van der Waals surface area contributed by atoms with E-state index in [2.05, 4.69) is 44.2 Å². The fraction of sp³-hybridized carbons (Fsp3) is 0.211. The van der Waals surface area contributed by atoms with Crippen LogP contribution in [0.2, 0.25) is 0 Å². The van der Waals surface area contributed by atoms with Crippen LogP contribution in [0.5, 0.6) is 5.75 Å². The predicted octanol–water partition coefficient (Wildman–Crippen LogP) is 5.09. The number of methoxy groups -OCH3 is 1. The average Bonchev–Trinajstić information content (AvgIpc) is 2.53. The third-order valence-electron chi connectivity index (χ3n) is 3.59. The molecule has 0 bridgehead atoms. The molecule has 0 spiro atoms. The van der Waals surface area contributed by atoms with E-state index in [9.17, 15) is 0 Å². The van der Waals surface area contributed by atoms with Gasteiger partial charge in [-0.2, -0.15) is 0 Å². The molecular formula is C19H21NO. The predicted molar refractivity (Wildman–Crippen MR) is 90.4 cm³/mol. The maximum Gasteiger partial charge on any atom is 0.127 e. The SMILES string of the molecule is CC/C=C\c1cccc(-c2ccc(C=N)cc2OC)c1C. The quantitative estimate of drug-likeness (QED) is 0.760. The fourth-order valence-electron chi connectivity index (χ4n) is 2.39. The fourth-order valence-corrected chi connectivity index (χ4v) is 2.39. The lowest BCUT2D eigenvalue weighted by atomic mass is 9.95. The highest BCUT2D eigenvalue weighted by Crippen LogP contribution is 2.34. The van der Waals surface area contributed by atoms with Crippen LogP contribution in [-0.4, -0.2) is 13.3 Å². The van der Waals surface area contributed by atoms with Gasteiger partial charge in [0.1, 0.15) is 5.75 Å². The van der Waals surface area contributed by atoms with Gasteiger partial charge in [0.15, 0.2) is 0 Å². The molecule has 2 aromatic rings. The van der Waals surface area contributed by atoms with Crippen LogP contribution in [0, 0.1) is 12.3 Å². The summed E-state index contributed by atoms with van der Waals surface area (Å²) in [6.45, 7) is 4.27. The van der Waals surface area contributed by atoms with Gasteiger partial charge in [0.05, 0.1) is 7.11 Å². The molecule has 0 radical (unpaired) electrons. The summed E-state index contributed by atoms with van der Waals surface area (Å²) in [7, 11) is 1.67. The summed E-state index contributed by atoms with van der Waals surface area (Å²) in [6.07, 6.45) is 6.69. The molecule has 0 saturated carbocycles. The van der Waals surface area contributed by atoms with Gasteiger partial charge in [0.2, 0.25) is 0 Å². The Balaban J connectivity index is 2.56. The first kappa shape index (κ1) is 15.0. The van der Waals surface area contributed by atoms with Crippen LogP contribution >= 0.6 is 0 Å². The average molecular weight is 279 g/mol. The van der Waals surface area contributed by atoms with E-state index in [1.807, 2.05) is 18.2 Å². The van der Waals surface area contributed by atoms with Crippen molar-refractivity contribution in [1.29, 1.82) is 5.41 Å². The highest BCUT2D eigenvalue weighted by Gasteiger charge is 2.10. The van der Waals surface area contributed by atoms with Crippen molar-refractivity contribution in [1.82, 2.24) is 0 Å². The minimum atomic E-state index is 0.802. The molecule has 0 atom stereocenters. The Morgan fingerprint density at radius 3 is 2.62 bits per heavy atom. The second-order valence-corrected chi connectivity index (χ2v) is 4.93. The second kappa shape index (κ2) is 6.89. The molecule has 2 nitrogen and oxygen atoms in total. The second-order valence-electron chi connectivity index (χ2n) is 4.93. The number of benzene rings is 2. The Labute approximate surface area is 126 Å². The number of hydrogen-bond donors (Lipinski definition) is 1. The summed E-state index contributed by atoms with van der Waals surface area (Å²) in [4.78, 5) is 0. The zero-order valence-electron chi connectivity index (χ0n) is 12.8. The van der Waals surface area contributed by atoms with Crippen molar-refractivity contribution in [2.24, 2.45) is 0 Å². The standard InChI is InChI=1S/C19H21NO/c1-4-5-7-16-8-6-9-17(14(16)2)18-11-10-15(13-20)12-19(18)21-3/h5-13,20H,4H2,1-3H3/b7-5-,20-13?. The zero-order valence-corrected chi connectivity index (χ0v) is 12.8. The van der Waals surface area contributed by atoms with Gasteiger partial charge in [-0.1, -0.05) is 43.3 Å². The Morgan fingerprint density at radius 2 is 1.95 bits per heavy atom. The Morgan fingerprint density at radius 1 is 1.14 bits per heavy atom. The lowest BCUT2D eigenvalue weighted by Gasteiger charge is -2.13. The monoisotopic (exact) mass is 279 g/mol. The van der Waals surface area contributed by atoms with Gasteiger partial charge in [0, 0.05) is 11.8 Å². The van der Waals surface area contributed by atoms with Gasteiger partial charge in [-0.15, -0.1) is 0 Å². The molecule has 21 heavy (non-hydrogen) atoms. The number of nitrogens with one attached hydrogen (secondary N) is 1. The molecule has 2 rings (SSSR count). The minimum Gasteiger partial charge on any atom is -0.496 e. The first-order valence-electron chi connectivity index (χ1n) is 7.16. The Bertz CT molecular complexity index is 671. The van der Waals surface area contributed by atoms with E-state index in [1.165, 1.54) is 22.9 Å². The van der Waals surface area contributed by atoms with Crippen LogP contribution < -0.4 is 4.74 Å². The normalized spacial score (nSPS) is 10.8. The van der Waals surface area contributed by atoms with Crippen LogP contribution in [0.3, 0.4) is 0 Å². The van der Waals surface area contributed by atoms with Crippen LogP contribution in [0.15, 0.2) is 42.5 Å².